The zero-order valence-electron chi connectivity index (χ0n) is 8.91. The number of nitrogens with zero attached hydrogens (tertiary/aromatic N) is 1. The first-order chi connectivity index (χ1) is 7.95. The molecule has 0 atom stereocenters. The molecule has 17 heavy (non-hydrogen) atoms. The van der Waals surface area contributed by atoms with Gasteiger partial charge in [0.2, 0.25) is 0 Å². The maximum atomic E-state index is 11.3. The van der Waals surface area contributed by atoms with Gasteiger partial charge in [-0.25, -0.2) is 0 Å². The maximum absolute atomic E-state index is 11.3. The van der Waals surface area contributed by atoms with Crippen molar-refractivity contribution in [3.05, 3.63) is 37.9 Å². The molecule has 1 rings (SSSR count). The third-order valence-electron chi connectivity index (χ3n) is 1.96. The Labute approximate surface area is 107 Å². The summed E-state index contributed by atoms with van der Waals surface area (Å²) in [5.41, 5.74) is -0.171. The molecule has 0 aliphatic heterocycles. The van der Waals surface area contributed by atoms with Gasteiger partial charge in [0.15, 0.2) is 0 Å². The highest BCUT2D eigenvalue weighted by molar-refractivity contribution is 6.35. The van der Waals surface area contributed by atoms with Crippen LogP contribution in [0.15, 0.2) is 12.1 Å². The van der Waals surface area contributed by atoms with Gasteiger partial charge < -0.3 is 4.74 Å². The van der Waals surface area contributed by atoms with Gasteiger partial charge >= 0.3 is 5.97 Å². The van der Waals surface area contributed by atoms with Crippen molar-refractivity contribution in [1.82, 2.24) is 0 Å². The molecule has 0 saturated heterocycles. The number of nitro benzene ring substituents is 1. The second-order valence-electron chi connectivity index (χ2n) is 3.12. The Balaban J connectivity index is 3.12. The third kappa shape index (κ3) is 3.57. The van der Waals surface area contributed by atoms with E-state index in [4.69, 9.17) is 27.9 Å². The van der Waals surface area contributed by atoms with Crippen LogP contribution >= 0.6 is 23.2 Å². The van der Waals surface area contributed by atoms with Crippen LogP contribution < -0.4 is 0 Å². The molecule has 0 saturated carbocycles. The Bertz CT molecular complexity index is 462. The number of hydrogen-bond acceptors (Lipinski definition) is 4. The van der Waals surface area contributed by atoms with Gasteiger partial charge in [0, 0.05) is 11.1 Å². The molecule has 0 fully saturated rings. The van der Waals surface area contributed by atoms with Crippen LogP contribution in [0.2, 0.25) is 10.0 Å². The number of halogens is 2. The van der Waals surface area contributed by atoms with E-state index >= 15 is 0 Å². The monoisotopic (exact) mass is 277 g/mol. The lowest BCUT2D eigenvalue weighted by molar-refractivity contribution is -0.385. The van der Waals surface area contributed by atoms with E-state index in [-0.39, 0.29) is 34.3 Å². The fourth-order valence-electron chi connectivity index (χ4n) is 1.28. The average Bonchev–Trinajstić information content (AvgIpc) is 2.21. The molecule has 0 amide bonds. The Morgan fingerprint density at radius 2 is 2.12 bits per heavy atom. The van der Waals surface area contributed by atoms with Crippen LogP contribution in [0.25, 0.3) is 0 Å². The number of ether oxygens (including phenoxy) is 1. The summed E-state index contributed by atoms with van der Waals surface area (Å²) >= 11 is 11.5. The third-order valence-corrected chi connectivity index (χ3v) is 2.52. The quantitative estimate of drug-likeness (QED) is 0.482. The topological polar surface area (TPSA) is 69.4 Å². The molecule has 0 unspecified atom stereocenters. The minimum absolute atomic E-state index is 0.0808. The highest BCUT2D eigenvalue weighted by atomic mass is 35.5. The first kappa shape index (κ1) is 13.7. The summed E-state index contributed by atoms with van der Waals surface area (Å²) in [4.78, 5) is 21.5. The molecule has 0 aliphatic rings. The molecule has 0 bridgehead atoms. The number of hydrogen-bond donors (Lipinski definition) is 0. The van der Waals surface area contributed by atoms with Crippen LogP contribution in [-0.4, -0.2) is 17.5 Å². The second kappa shape index (κ2) is 5.84. The number of carbonyl (C=O) groups excluding carboxylic acids is 1. The minimum atomic E-state index is -0.633. The van der Waals surface area contributed by atoms with Crippen LogP contribution in [-0.2, 0) is 16.0 Å². The Morgan fingerprint density at radius 3 is 2.65 bits per heavy atom. The summed E-state index contributed by atoms with van der Waals surface area (Å²) in [5, 5.41) is 11.0. The second-order valence-corrected chi connectivity index (χ2v) is 3.97. The van der Waals surface area contributed by atoms with Gasteiger partial charge in [0.25, 0.3) is 5.69 Å². The maximum Gasteiger partial charge on any atom is 0.310 e. The predicted molar refractivity (Wildman–Crippen MR) is 63.5 cm³/mol. The molecule has 0 radical (unpaired) electrons. The number of esters is 1. The first-order valence-electron chi connectivity index (χ1n) is 4.73. The van der Waals surface area contributed by atoms with Gasteiger partial charge in [-0.1, -0.05) is 23.2 Å². The summed E-state index contributed by atoms with van der Waals surface area (Å²) in [6, 6.07) is 2.51. The van der Waals surface area contributed by atoms with Crippen LogP contribution in [0.1, 0.15) is 12.5 Å². The van der Waals surface area contributed by atoms with Gasteiger partial charge in [-0.2, -0.15) is 0 Å². The average molecular weight is 278 g/mol. The molecule has 0 N–H and O–H groups in total. The molecule has 1 aromatic carbocycles. The molecule has 0 spiro atoms. The van der Waals surface area contributed by atoms with Gasteiger partial charge in [0.1, 0.15) is 0 Å². The standard InChI is InChI=1S/C10H9Cl2NO4/c1-2-17-10(14)5-7-8(12)3-6(11)4-9(7)13(15)16/h3-4H,2,5H2,1H3. The van der Waals surface area contributed by atoms with Gasteiger partial charge in [-0.05, 0) is 13.0 Å². The van der Waals surface area contributed by atoms with E-state index in [2.05, 4.69) is 0 Å². The Morgan fingerprint density at radius 1 is 1.47 bits per heavy atom. The smallest absolute Gasteiger partial charge is 0.310 e. The summed E-state index contributed by atoms with van der Waals surface area (Å²) in [6.07, 6.45) is -0.250. The zero-order valence-corrected chi connectivity index (χ0v) is 10.4. The molecule has 5 nitrogen and oxygen atoms in total. The lowest BCUT2D eigenvalue weighted by atomic mass is 10.1. The summed E-state index contributed by atoms with van der Waals surface area (Å²) in [5.74, 6) is -0.570. The lowest BCUT2D eigenvalue weighted by Crippen LogP contribution is -2.09. The van der Waals surface area contributed by atoms with E-state index in [1.54, 1.807) is 6.92 Å². The molecule has 92 valence electrons. The SMILES string of the molecule is CCOC(=O)Cc1c(Cl)cc(Cl)cc1[N+](=O)[O-]. The van der Waals surface area contributed by atoms with E-state index in [0.717, 1.165) is 6.07 Å². The van der Waals surface area contributed by atoms with E-state index in [1.807, 2.05) is 0 Å². The predicted octanol–water partition coefficient (Wildman–Crippen LogP) is 3.01. The summed E-state index contributed by atoms with van der Waals surface area (Å²) in [6.45, 7) is 1.85. The fraction of sp³-hybridized carbons (Fsp3) is 0.300. The zero-order chi connectivity index (χ0) is 13.0. The number of nitro groups is 1. The highest BCUT2D eigenvalue weighted by Gasteiger charge is 2.21. The van der Waals surface area contributed by atoms with E-state index < -0.39 is 10.9 Å². The molecule has 0 aromatic heterocycles. The van der Waals surface area contributed by atoms with Gasteiger partial charge in [0.05, 0.1) is 28.5 Å². The van der Waals surface area contributed by atoms with Crippen LogP contribution in [0.4, 0.5) is 5.69 Å². The largest absolute Gasteiger partial charge is 0.466 e. The van der Waals surface area contributed by atoms with Gasteiger partial charge in [-0.15, -0.1) is 0 Å². The van der Waals surface area contributed by atoms with Crippen molar-refractivity contribution in [1.29, 1.82) is 0 Å². The van der Waals surface area contributed by atoms with Crippen molar-refractivity contribution in [2.75, 3.05) is 6.61 Å². The molecule has 7 heteroatoms. The Hall–Kier alpha value is -1.33. The molecular weight excluding hydrogens is 269 g/mol. The van der Waals surface area contributed by atoms with Crippen LogP contribution in [0, 0.1) is 10.1 Å². The normalized spacial score (nSPS) is 10.1. The number of carbonyl (C=O) groups is 1. The van der Waals surface area contributed by atoms with E-state index in [0.29, 0.717) is 0 Å². The van der Waals surface area contributed by atoms with E-state index in [9.17, 15) is 14.9 Å². The fourth-order valence-corrected chi connectivity index (χ4v) is 1.83. The molecule has 1 aromatic rings. The van der Waals surface area contributed by atoms with Crippen LogP contribution in [0.3, 0.4) is 0 Å². The van der Waals surface area contributed by atoms with Crippen molar-refractivity contribution in [3.63, 3.8) is 0 Å². The number of benzene rings is 1. The minimum Gasteiger partial charge on any atom is -0.466 e. The number of rotatable bonds is 4. The van der Waals surface area contributed by atoms with Gasteiger partial charge in [-0.3, -0.25) is 14.9 Å². The van der Waals surface area contributed by atoms with Crippen molar-refractivity contribution in [3.8, 4) is 0 Å². The van der Waals surface area contributed by atoms with Crippen molar-refractivity contribution >= 4 is 34.9 Å². The highest BCUT2D eigenvalue weighted by Crippen LogP contribution is 2.31. The Kier molecular flexibility index (Phi) is 4.72. The van der Waals surface area contributed by atoms with Crippen molar-refractivity contribution < 1.29 is 14.5 Å². The summed E-state index contributed by atoms with van der Waals surface area (Å²) < 4.78 is 4.71. The van der Waals surface area contributed by atoms with E-state index in [1.165, 1.54) is 6.07 Å². The molecule has 0 heterocycles. The molecular formula is C10H9Cl2NO4. The first-order valence-corrected chi connectivity index (χ1v) is 5.49. The lowest BCUT2D eigenvalue weighted by Gasteiger charge is -2.06. The summed E-state index contributed by atoms with van der Waals surface area (Å²) in [7, 11) is 0. The van der Waals surface area contributed by atoms with Crippen molar-refractivity contribution in [2.24, 2.45) is 0 Å². The molecule has 0 aliphatic carbocycles. The van der Waals surface area contributed by atoms with Crippen molar-refractivity contribution in [2.45, 2.75) is 13.3 Å². The van der Waals surface area contributed by atoms with Crippen LogP contribution in [0.5, 0.6) is 0 Å².